The molecule has 2 rings (SSSR count). The Bertz CT molecular complexity index is 551. The Morgan fingerprint density at radius 2 is 2.11 bits per heavy atom. The third-order valence-corrected chi connectivity index (χ3v) is 5.18. The molecule has 1 fully saturated rings. The van der Waals surface area contributed by atoms with E-state index in [-0.39, 0.29) is 10.9 Å². The van der Waals surface area contributed by atoms with Gasteiger partial charge in [0.25, 0.3) is 0 Å². The average Bonchev–Trinajstić information content (AvgIpc) is 3.11. The molecule has 0 saturated heterocycles. The minimum atomic E-state index is -3.51. The van der Waals surface area contributed by atoms with Gasteiger partial charge in [0.05, 0.1) is 5.69 Å². The predicted molar refractivity (Wildman–Crippen MR) is 77.3 cm³/mol. The smallest absolute Gasteiger partial charge is 0.242 e. The minimum absolute atomic E-state index is 0.0122. The average molecular weight is 282 g/mol. The van der Waals surface area contributed by atoms with Crippen LogP contribution >= 0.6 is 0 Å². The van der Waals surface area contributed by atoms with Gasteiger partial charge in [-0.05, 0) is 43.4 Å². The molecule has 1 aromatic carbocycles. The lowest BCUT2D eigenvalue weighted by molar-refractivity contribution is 0.495. The van der Waals surface area contributed by atoms with Crippen LogP contribution in [0.3, 0.4) is 0 Å². The molecule has 0 bridgehead atoms. The number of nitrogen functional groups attached to an aromatic ring is 1. The lowest BCUT2D eigenvalue weighted by Gasteiger charge is -2.17. The number of benzene rings is 1. The molecule has 1 atom stereocenters. The fourth-order valence-electron chi connectivity index (χ4n) is 2.25. The summed E-state index contributed by atoms with van der Waals surface area (Å²) in [6.45, 7) is 3.90. The molecule has 1 aliphatic carbocycles. The molecular formula is C14H22N2O2S. The molecule has 0 radical (unpaired) electrons. The van der Waals surface area contributed by atoms with Crippen molar-refractivity contribution in [3.63, 3.8) is 0 Å². The van der Waals surface area contributed by atoms with Crippen LogP contribution in [0.25, 0.3) is 0 Å². The quantitative estimate of drug-likeness (QED) is 0.787. The first-order chi connectivity index (χ1) is 8.92. The highest BCUT2D eigenvalue weighted by Crippen LogP contribution is 2.34. The molecule has 4 nitrogen and oxygen atoms in total. The summed E-state index contributed by atoms with van der Waals surface area (Å²) in [5, 5.41) is 0. The van der Waals surface area contributed by atoms with Crippen LogP contribution in [-0.2, 0) is 10.0 Å². The van der Waals surface area contributed by atoms with E-state index < -0.39 is 10.0 Å². The van der Waals surface area contributed by atoms with Crippen LogP contribution in [0, 0.1) is 12.8 Å². The van der Waals surface area contributed by atoms with Crippen molar-refractivity contribution in [2.24, 2.45) is 5.92 Å². The summed E-state index contributed by atoms with van der Waals surface area (Å²) in [6.07, 6.45) is 4.19. The van der Waals surface area contributed by atoms with Crippen molar-refractivity contribution in [2.45, 2.75) is 50.5 Å². The highest BCUT2D eigenvalue weighted by Gasteiger charge is 2.28. The van der Waals surface area contributed by atoms with Crippen LogP contribution < -0.4 is 10.5 Å². The third kappa shape index (κ3) is 3.70. The molecule has 19 heavy (non-hydrogen) atoms. The summed E-state index contributed by atoms with van der Waals surface area (Å²) in [5.41, 5.74) is 7.09. The van der Waals surface area contributed by atoms with Gasteiger partial charge in [-0.3, -0.25) is 0 Å². The second-order valence-corrected chi connectivity index (χ2v) is 7.13. The van der Waals surface area contributed by atoms with Crippen molar-refractivity contribution in [2.75, 3.05) is 5.73 Å². The van der Waals surface area contributed by atoms with Crippen LogP contribution in [0.4, 0.5) is 5.69 Å². The number of anilines is 1. The lowest BCUT2D eigenvalue weighted by atomic mass is 10.1. The highest BCUT2D eigenvalue weighted by atomic mass is 32.2. The zero-order valence-electron chi connectivity index (χ0n) is 11.5. The summed E-state index contributed by atoms with van der Waals surface area (Å²) < 4.78 is 27.5. The molecule has 0 spiro atoms. The van der Waals surface area contributed by atoms with Gasteiger partial charge in [0, 0.05) is 6.04 Å². The molecular weight excluding hydrogens is 260 g/mol. The van der Waals surface area contributed by atoms with E-state index in [1.807, 2.05) is 13.8 Å². The monoisotopic (exact) mass is 282 g/mol. The maximum atomic E-state index is 12.3. The molecule has 0 aliphatic heterocycles. The van der Waals surface area contributed by atoms with E-state index in [1.54, 1.807) is 18.2 Å². The Morgan fingerprint density at radius 3 is 2.63 bits per heavy atom. The van der Waals surface area contributed by atoms with Crippen molar-refractivity contribution in [1.29, 1.82) is 0 Å². The Hall–Kier alpha value is -1.07. The molecule has 0 amide bonds. The molecule has 1 aliphatic rings. The van der Waals surface area contributed by atoms with Crippen molar-refractivity contribution >= 4 is 15.7 Å². The fourth-order valence-corrected chi connectivity index (χ4v) is 3.69. The fraction of sp³-hybridized carbons (Fsp3) is 0.571. The minimum Gasteiger partial charge on any atom is -0.398 e. The number of nitrogens with two attached hydrogens (primary N) is 1. The maximum Gasteiger partial charge on any atom is 0.242 e. The zero-order chi connectivity index (χ0) is 14.0. The van der Waals surface area contributed by atoms with Gasteiger partial charge in [0.1, 0.15) is 4.90 Å². The Morgan fingerprint density at radius 1 is 1.42 bits per heavy atom. The summed E-state index contributed by atoms with van der Waals surface area (Å²) in [5.74, 6) is 0.697. The van der Waals surface area contributed by atoms with Crippen molar-refractivity contribution < 1.29 is 8.42 Å². The Kier molecular flexibility index (Phi) is 4.16. The van der Waals surface area contributed by atoms with E-state index in [0.29, 0.717) is 11.6 Å². The van der Waals surface area contributed by atoms with Gasteiger partial charge in [0.15, 0.2) is 0 Å². The summed E-state index contributed by atoms with van der Waals surface area (Å²) >= 11 is 0. The van der Waals surface area contributed by atoms with Crippen LogP contribution in [0.2, 0.25) is 0 Å². The van der Waals surface area contributed by atoms with Crippen molar-refractivity contribution in [3.8, 4) is 0 Å². The molecule has 1 aromatic rings. The zero-order valence-corrected chi connectivity index (χ0v) is 12.3. The number of aryl methyl sites for hydroxylation is 1. The number of hydrogen-bond donors (Lipinski definition) is 2. The van der Waals surface area contributed by atoms with Gasteiger partial charge in [-0.1, -0.05) is 25.8 Å². The number of rotatable bonds is 6. The number of sulfonamides is 1. The van der Waals surface area contributed by atoms with E-state index in [0.717, 1.165) is 18.4 Å². The molecule has 106 valence electrons. The van der Waals surface area contributed by atoms with E-state index in [2.05, 4.69) is 4.72 Å². The van der Waals surface area contributed by atoms with Gasteiger partial charge >= 0.3 is 0 Å². The van der Waals surface area contributed by atoms with Crippen LogP contribution in [-0.4, -0.2) is 14.5 Å². The number of hydrogen-bond acceptors (Lipinski definition) is 3. The van der Waals surface area contributed by atoms with Crippen molar-refractivity contribution in [1.82, 2.24) is 4.72 Å². The first-order valence-corrected chi connectivity index (χ1v) is 8.29. The van der Waals surface area contributed by atoms with Crippen LogP contribution in [0.1, 0.15) is 38.2 Å². The first kappa shape index (κ1) is 14.3. The van der Waals surface area contributed by atoms with E-state index in [9.17, 15) is 8.42 Å². The second kappa shape index (κ2) is 5.51. The van der Waals surface area contributed by atoms with Gasteiger partial charge < -0.3 is 5.73 Å². The van der Waals surface area contributed by atoms with Gasteiger partial charge in [-0.25, -0.2) is 13.1 Å². The summed E-state index contributed by atoms with van der Waals surface area (Å²) in [4.78, 5) is 0.187. The van der Waals surface area contributed by atoms with Gasteiger partial charge in [-0.15, -0.1) is 0 Å². The van der Waals surface area contributed by atoms with Gasteiger partial charge in [-0.2, -0.15) is 0 Å². The Balaban J connectivity index is 2.15. The van der Waals surface area contributed by atoms with E-state index in [4.69, 9.17) is 5.73 Å². The molecule has 0 aromatic heterocycles. The molecule has 5 heteroatoms. The van der Waals surface area contributed by atoms with Crippen LogP contribution in [0.5, 0.6) is 0 Å². The third-order valence-electron chi connectivity index (χ3n) is 3.58. The number of nitrogens with one attached hydrogen (secondary N) is 1. The largest absolute Gasteiger partial charge is 0.398 e. The van der Waals surface area contributed by atoms with E-state index in [1.165, 1.54) is 12.8 Å². The normalized spacial score (nSPS) is 17.4. The Labute approximate surface area is 115 Å². The van der Waals surface area contributed by atoms with E-state index >= 15 is 0 Å². The molecule has 3 N–H and O–H groups in total. The second-order valence-electron chi connectivity index (χ2n) is 5.45. The molecule has 0 heterocycles. The summed E-state index contributed by atoms with van der Waals surface area (Å²) in [7, 11) is -3.51. The van der Waals surface area contributed by atoms with Crippen molar-refractivity contribution in [3.05, 3.63) is 23.8 Å². The van der Waals surface area contributed by atoms with Gasteiger partial charge in [0.2, 0.25) is 10.0 Å². The SMILES string of the molecule is CCC(CC1CC1)NS(=O)(=O)c1ccc(C)cc1N. The standard InChI is InChI=1S/C14H22N2O2S/c1-3-12(9-11-5-6-11)16-19(17,18)14-7-4-10(2)8-13(14)15/h4,7-8,11-12,16H,3,5-6,9,15H2,1-2H3. The molecule has 1 saturated carbocycles. The molecule has 1 unspecified atom stereocenters. The lowest BCUT2D eigenvalue weighted by Crippen LogP contribution is -2.35. The topological polar surface area (TPSA) is 72.2 Å². The van der Waals surface area contributed by atoms with Crippen LogP contribution in [0.15, 0.2) is 23.1 Å². The predicted octanol–water partition coefficient (Wildman–Crippen LogP) is 2.43. The first-order valence-electron chi connectivity index (χ1n) is 6.81. The maximum absolute atomic E-state index is 12.3. The highest BCUT2D eigenvalue weighted by molar-refractivity contribution is 7.89. The summed E-state index contributed by atoms with van der Waals surface area (Å²) in [6, 6.07) is 5.05.